The van der Waals surface area contributed by atoms with Crippen LogP contribution in [0.2, 0.25) is 5.02 Å². The van der Waals surface area contributed by atoms with Crippen molar-refractivity contribution in [2.24, 2.45) is 11.3 Å². The minimum atomic E-state index is -0.867. The first-order valence-corrected chi connectivity index (χ1v) is 9.70. The molecule has 1 atom stereocenters. The van der Waals surface area contributed by atoms with Crippen LogP contribution < -0.4 is 0 Å². The van der Waals surface area contributed by atoms with Gasteiger partial charge in [-0.15, -0.1) is 0 Å². The Hall–Kier alpha value is -2.08. The first-order chi connectivity index (χ1) is 12.8. The van der Waals surface area contributed by atoms with E-state index in [2.05, 4.69) is 0 Å². The van der Waals surface area contributed by atoms with Crippen LogP contribution in [0.4, 0.5) is 0 Å². The van der Waals surface area contributed by atoms with Gasteiger partial charge in [-0.05, 0) is 43.7 Å². The number of amides is 2. The SMILES string of the molecule is CN(CC(=O)N1CCCC(C(=O)O)C1)C(=O)C1(Cc2ccccc2Cl)CC1. The Morgan fingerprint density at radius 2 is 2.00 bits per heavy atom. The highest BCUT2D eigenvalue weighted by Crippen LogP contribution is 2.50. The molecule has 1 saturated carbocycles. The highest BCUT2D eigenvalue weighted by molar-refractivity contribution is 6.31. The van der Waals surface area contributed by atoms with E-state index in [-0.39, 0.29) is 24.9 Å². The molecule has 6 nitrogen and oxygen atoms in total. The summed E-state index contributed by atoms with van der Waals surface area (Å²) in [6.45, 7) is 0.756. The fourth-order valence-electron chi connectivity index (χ4n) is 3.81. The average molecular weight is 393 g/mol. The number of carbonyl (C=O) groups is 3. The molecule has 1 aliphatic heterocycles. The molecule has 0 radical (unpaired) electrons. The Bertz CT molecular complexity index is 747. The normalized spacial score (nSPS) is 20.8. The zero-order valence-corrected chi connectivity index (χ0v) is 16.2. The smallest absolute Gasteiger partial charge is 0.308 e. The number of carbonyl (C=O) groups excluding carboxylic acids is 2. The molecule has 2 fully saturated rings. The van der Waals surface area contributed by atoms with Crippen molar-refractivity contribution in [2.45, 2.75) is 32.1 Å². The van der Waals surface area contributed by atoms with Crippen LogP contribution in [-0.2, 0) is 20.8 Å². The van der Waals surface area contributed by atoms with Gasteiger partial charge in [-0.3, -0.25) is 14.4 Å². The van der Waals surface area contributed by atoms with E-state index in [0.717, 1.165) is 18.4 Å². The first kappa shape index (κ1) is 19.7. The highest BCUT2D eigenvalue weighted by Gasteiger charge is 2.51. The van der Waals surface area contributed by atoms with Gasteiger partial charge in [0.1, 0.15) is 0 Å². The Morgan fingerprint density at radius 3 is 2.63 bits per heavy atom. The molecule has 1 N–H and O–H groups in total. The van der Waals surface area contributed by atoms with Gasteiger partial charge in [-0.1, -0.05) is 29.8 Å². The zero-order valence-electron chi connectivity index (χ0n) is 15.5. The maximum absolute atomic E-state index is 13.0. The van der Waals surface area contributed by atoms with Crippen LogP contribution in [0.25, 0.3) is 0 Å². The number of carboxylic acid groups (broad SMARTS) is 1. The minimum Gasteiger partial charge on any atom is -0.481 e. The number of hydrogen-bond donors (Lipinski definition) is 1. The summed E-state index contributed by atoms with van der Waals surface area (Å²) >= 11 is 6.23. The number of halogens is 1. The predicted molar refractivity (Wildman–Crippen MR) is 101 cm³/mol. The van der Waals surface area contributed by atoms with Gasteiger partial charge in [0.05, 0.1) is 17.9 Å². The number of hydrogen-bond acceptors (Lipinski definition) is 3. The van der Waals surface area contributed by atoms with E-state index >= 15 is 0 Å². The van der Waals surface area contributed by atoms with Crippen LogP contribution >= 0.6 is 11.6 Å². The predicted octanol–water partition coefficient (Wildman–Crippen LogP) is 2.44. The summed E-state index contributed by atoms with van der Waals surface area (Å²) in [6, 6.07) is 7.52. The molecule has 1 aromatic rings. The molecule has 0 aromatic heterocycles. The van der Waals surface area contributed by atoms with Crippen molar-refractivity contribution in [3.63, 3.8) is 0 Å². The van der Waals surface area contributed by atoms with E-state index < -0.39 is 17.3 Å². The molecule has 1 aliphatic carbocycles. The van der Waals surface area contributed by atoms with Crippen molar-refractivity contribution in [2.75, 3.05) is 26.7 Å². The molecule has 146 valence electrons. The van der Waals surface area contributed by atoms with Gasteiger partial charge in [-0.2, -0.15) is 0 Å². The Kier molecular flexibility index (Phi) is 5.75. The third-order valence-corrected chi connectivity index (χ3v) is 6.01. The molecule has 1 unspecified atom stereocenters. The second-order valence-electron chi connectivity index (χ2n) is 7.73. The van der Waals surface area contributed by atoms with Crippen molar-refractivity contribution in [1.29, 1.82) is 0 Å². The lowest BCUT2D eigenvalue weighted by molar-refractivity contribution is -0.148. The van der Waals surface area contributed by atoms with Gasteiger partial charge < -0.3 is 14.9 Å². The summed E-state index contributed by atoms with van der Waals surface area (Å²) in [7, 11) is 1.64. The number of carboxylic acids is 1. The topological polar surface area (TPSA) is 77.9 Å². The van der Waals surface area contributed by atoms with Gasteiger partial charge in [0.2, 0.25) is 11.8 Å². The molecule has 2 amide bonds. The van der Waals surface area contributed by atoms with Gasteiger partial charge in [0.15, 0.2) is 0 Å². The number of nitrogens with zero attached hydrogens (tertiary/aromatic N) is 2. The number of aliphatic carboxylic acids is 1. The molecular formula is C20H25ClN2O4. The Labute approximate surface area is 164 Å². The number of piperidine rings is 1. The summed E-state index contributed by atoms with van der Waals surface area (Å²) in [5.74, 6) is -1.61. The second-order valence-corrected chi connectivity index (χ2v) is 8.13. The fourth-order valence-corrected chi connectivity index (χ4v) is 4.01. The van der Waals surface area contributed by atoms with Gasteiger partial charge >= 0.3 is 5.97 Å². The molecule has 1 aromatic carbocycles. The monoisotopic (exact) mass is 392 g/mol. The van der Waals surface area contributed by atoms with E-state index in [0.29, 0.717) is 30.8 Å². The van der Waals surface area contributed by atoms with Crippen molar-refractivity contribution in [3.8, 4) is 0 Å². The molecule has 7 heteroatoms. The first-order valence-electron chi connectivity index (χ1n) is 9.32. The minimum absolute atomic E-state index is 0.0184. The summed E-state index contributed by atoms with van der Waals surface area (Å²) in [5.41, 5.74) is 0.482. The van der Waals surface area contributed by atoms with Crippen molar-refractivity contribution in [3.05, 3.63) is 34.9 Å². The van der Waals surface area contributed by atoms with E-state index in [1.165, 1.54) is 4.90 Å². The van der Waals surface area contributed by atoms with Gasteiger partial charge in [0, 0.05) is 25.2 Å². The van der Waals surface area contributed by atoms with E-state index in [4.69, 9.17) is 11.6 Å². The molecule has 2 aliphatic rings. The Balaban J connectivity index is 1.59. The molecule has 0 spiro atoms. The van der Waals surface area contributed by atoms with Gasteiger partial charge in [0.25, 0.3) is 0 Å². The largest absolute Gasteiger partial charge is 0.481 e. The lowest BCUT2D eigenvalue weighted by Gasteiger charge is -2.32. The number of rotatable bonds is 6. The van der Waals surface area contributed by atoms with Gasteiger partial charge in [-0.25, -0.2) is 0 Å². The summed E-state index contributed by atoms with van der Waals surface area (Å²) in [6.07, 6.45) is 3.43. The second kappa shape index (κ2) is 7.89. The van der Waals surface area contributed by atoms with Crippen LogP contribution in [0, 0.1) is 11.3 Å². The number of benzene rings is 1. The van der Waals surface area contributed by atoms with E-state index in [9.17, 15) is 19.5 Å². The van der Waals surface area contributed by atoms with Crippen LogP contribution in [0.15, 0.2) is 24.3 Å². The van der Waals surface area contributed by atoms with Crippen LogP contribution in [0.3, 0.4) is 0 Å². The van der Waals surface area contributed by atoms with Crippen molar-refractivity contribution in [1.82, 2.24) is 9.80 Å². The quantitative estimate of drug-likeness (QED) is 0.806. The maximum Gasteiger partial charge on any atom is 0.308 e. The van der Waals surface area contributed by atoms with Crippen LogP contribution in [-0.4, -0.2) is 59.4 Å². The lowest BCUT2D eigenvalue weighted by Crippen LogP contribution is -2.48. The number of likely N-dealkylation sites (N-methyl/N-ethyl adjacent to an activating group) is 1. The highest BCUT2D eigenvalue weighted by atomic mass is 35.5. The zero-order chi connectivity index (χ0) is 19.6. The summed E-state index contributed by atoms with van der Waals surface area (Å²) in [5, 5.41) is 9.83. The van der Waals surface area contributed by atoms with Crippen molar-refractivity contribution >= 4 is 29.4 Å². The average Bonchev–Trinajstić information content (AvgIpc) is 3.43. The molecule has 1 saturated heterocycles. The molecule has 3 rings (SSSR count). The molecule has 0 bridgehead atoms. The van der Waals surface area contributed by atoms with E-state index in [1.54, 1.807) is 11.9 Å². The van der Waals surface area contributed by atoms with Crippen molar-refractivity contribution < 1.29 is 19.5 Å². The summed E-state index contributed by atoms with van der Waals surface area (Å²) in [4.78, 5) is 39.7. The van der Waals surface area contributed by atoms with Crippen LogP contribution in [0.1, 0.15) is 31.2 Å². The van der Waals surface area contributed by atoms with Crippen LogP contribution in [0.5, 0.6) is 0 Å². The molecular weight excluding hydrogens is 368 g/mol. The third kappa shape index (κ3) is 4.43. The molecule has 27 heavy (non-hydrogen) atoms. The Morgan fingerprint density at radius 1 is 1.30 bits per heavy atom. The molecule has 1 heterocycles. The third-order valence-electron chi connectivity index (χ3n) is 5.64. The standard InChI is InChI=1S/C20H25ClN2O4/c1-22(13-17(24)23-10-4-6-15(12-23)18(25)26)19(27)20(8-9-20)11-14-5-2-3-7-16(14)21/h2-3,5,7,15H,4,6,8-13H2,1H3,(H,25,26). The number of likely N-dealkylation sites (tertiary alicyclic amines) is 1. The maximum atomic E-state index is 13.0. The summed E-state index contributed by atoms with van der Waals surface area (Å²) < 4.78 is 0. The fraction of sp³-hybridized carbons (Fsp3) is 0.550. The van der Waals surface area contributed by atoms with E-state index in [1.807, 2.05) is 24.3 Å². The lowest BCUT2D eigenvalue weighted by atomic mass is 9.95.